The van der Waals surface area contributed by atoms with E-state index in [-0.39, 0.29) is 40.3 Å². The molecule has 1 aromatic carbocycles. The number of hydrogen-bond donors (Lipinski definition) is 0. The molecular formula is C8H8FNaO2S. The van der Waals surface area contributed by atoms with Crippen LogP contribution in [0.1, 0.15) is 11.1 Å². The van der Waals surface area contributed by atoms with E-state index in [0.717, 1.165) is 0 Å². The first-order valence-corrected chi connectivity index (χ1v) is 4.46. The van der Waals surface area contributed by atoms with Crippen LogP contribution in [0.15, 0.2) is 17.0 Å². The predicted octanol–water partition coefficient (Wildman–Crippen LogP) is -1.32. The summed E-state index contributed by atoms with van der Waals surface area (Å²) in [5.41, 5.74) is 0.711. The van der Waals surface area contributed by atoms with Gasteiger partial charge in [-0.2, -0.15) is 0 Å². The first kappa shape index (κ1) is 13.3. The molecule has 0 heterocycles. The van der Waals surface area contributed by atoms with E-state index in [1.807, 2.05) is 0 Å². The van der Waals surface area contributed by atoms with E-state index in [1.54, 1.807) is 13.8 Å². The molecule has 5 heteroatoms. The standard InChI is InChI=1S/C8H9FO2S.Na/c1-5-3-7(12(10)11)4-6(2)8(5)9;/h3-4H,1-2H3,(H,10,11);/q;+1/p-1. The van der Waals surface area contributed by atoms with Gasteiger partial charge in [-0.3, -0.25) is 4.21 Å². The predicted molar refractivity (Wildman–Crippen MR) is 43.1 cm³/mol. The number of hydrogen-bond acceptors (Lipinski definition) is 2. The number of rotatable bonds is 1. The van der Waals surface area contributed by atoms with Crippen LogP contribution in [-0.2, 0) is 11.1 Å². The Hall–Kier alpha value is 0.260. The van der Waals surface area contributed by atoms with Crippen molar-refractivity contribution in [2.24, 2.45) is 0 Å². The van der Waals surface area contributed by atoms with E-state index in [4.69, 9.17) is 0 Å². The van der Waals surface area contributed by atoms with E-state index < -0.39 is 11.1 Å². The molecule has 0 fully saturated rings. The van der Waals surface area contributed by atoms with E-state index in [0.29, 0.717) is 11.1 Å². The van der Waals surface area contributed by atoms with Crippen molar-refractivity contribution in [3.8, 4) is 0 Å². The van der Waals surface area contributed by atoms with Crippen molar-refractivity contribution in [3.63, 3.8) is 0 Å². The molecule has 0 aliphatic rings. The minimum Gasteiger partial charge on any atom is -0.768 e. The molecule has 1 rings (SSSR count). The maximum atomic E-state index is 13.0. The van der Waals surface area contributed by atoms with Crippen LogP contribution in [0.4, 0.5) is 4.39 Å². The minimum absolute atomic E-state index is 0. The molecule has 1 aromatic rings. The summed E-state index contributed by atoms with van der Waals surface area (Å²) in [5.74, 6) is -0.343. The molecule has 1 unspecified atom stereocenters. The van der Waals surface area contributed by atoms with Crippen LogP contribution in [0.25, 0.3) is 0 Å². The van der Waals surface area contributed by atoms with E-state index >= 15 is 0 Å². The summed E-state index contributed by atoms with van der Waals surface area (Å²) in [7, 11) is 0. The maximum Gasteiger partial charge on any atom is 1.00 e. The van der Waals surface area contributed by atoms with Crippen molar-refractivity contribution in [1.82, 2.24) is 0 Å². The van der Waals surface area contributed by atoms with Gasteiger partial charge in [0, 0.05) is 4.90 Å². The van der Waals surface area contributed by atoms with Gasteiger partial charge in [0.1, 0.15) is 5.82 Å². The zero-order valence-electron chi connectivity index (χ0n) is 7.76. The third-order valence-electron chi connectivity index (χ3n) is 1.60. The molecule has 0 aliphatic carbocycles. The third-order valence-corrected chi connectivity index (χ3v) is 2.22. The topological polar surface area (TPSA) is 40.1 Å². The van der Waals surface area contributed by atoms with Crippen LogP contribution in [-0.4, -0.2) is 8.76 Å². The van der Waals surface area contributed by atoms with Crippen molar-refractivity contribution in [2.45, 2.75) is 18.7 Å². The molecule has 1 atom stereocenters. The first-order valence-electron chi connectivity index (χ1n) is 3.38. The fourth-order valence-electron chi connectivity index (χ4n) is 1.00. The molecule has 13 heavy (non-hydrogen) atoms. The molecule has 2 nitrogen and oxygen atoms in total. The number of aryl methyl sites for hydroxylation is 2. The second kappa shape index (κ2) is 5.22. The molecule has 0 saturated carbocycles. The van der Waals surface area contributed by atoms with E-state index in [1.165, 1.54) is 12.1 Å². The molecule has 0 aromatic heterocycles. The van der Waals surface area contributed by atoms with Crippen LogP contribution in [0.3, 0.4) is 0 Å². The van der Waals surface area contributed by atoms with Gasteiger partial charge >= 0.3 is 29.6 Å². The van der Waals surface area contributed by atoms with Crippen LogP contribution >= 0.6 is 0 Å². The largest absolute Gasteiger partial charge is 1.00 e. The summed E-state index contributed by atoms with van der Waals surface area (Å²) in [6, 6.07) is 2.62. The number of halogens is 1. The van der Waals surface area contributed by atoms with Gasteiger partial charge in [-0.1, -0.05) is 0 Å². The van der Waals surface area contributed by atoms with E-state index in [2.05, 4.69) is 0 Å². The van der Waals surface area contributed by atoms with Crippen LogP contribution in [0, 0.1) is 19.7 Å². The van der Waals surface area contributed by atoms with Crippen molar-refractivity contribution in [3.05, 3.63) is 29.1 Å². The monoisotopic (exact) mass is 210 g/mol. The average molecular weight is 210 g/mol. The zero-order valence-corrected chi connectivity index (χ0v) is 10.6. The van der Waals surface area contributed by atoms with Gasteiger partial charge in [0.15, 0.2) is 0 Å². The molecule has 0 N–H and O–H groups in total. The van der Waals surface area contributed by atoms with Gasteiger partial charge in [0.05, 0.1) is 0 Å². The summed E-state index contributed by atoms with van der Waals surface area (Å²) in [6.45, 7) is 3.08. The quantitative estimate of drug-likeness (QED) is 0.426. The SMILES string of the molecule is Cc1cc(S(=O)[O-])cc(C)c1F.[Na+]. The molecule has 0 amide bonds. The number of benzene rings is 1. The Morgan fingerprint density at radius 1 is 1.31 bits per heavy atom. The van der Waals surface area contributed by atoms with Crippen molar-refractivity contribution >= 4 is 11.1 Å². The molecule has 0 radical (unpaired) electrons. The van der Waals surface area contributed by atoms with Crippen LogP contribution < -0.4 is 29.6 Å². The summed E-state index contributed by atoms with van der Waals surface area (Å²) < 4.78 is 34.0. The maximum absolute atomic E-state index is 13.0. The Labute approximate surface area is 101 Å². The Kier molecular flexibility index (Phi) is 5.32. The molecule has 0 saturated heterocycles. The zero-order chi connectivity index (χ0) is 9.30. The molecule has 0 spiro atoms. The van der Waals surface area contributed by atoms with Gasteiger partial charge in [-0.15, -0.1) is 0 Å². The van der Waals surface area contributed by atoms with Gasteiger partial charge in [-0.05, 0) is 48.2 Å². The van der Waals surface area contributed by atoms with Gasteiger partial charge in [0.25, 0.3) is 0 Å². The minimum atomic E-state index is -2.27. The summed E-state index contributed by atoms with van der Waals surface area (Å²) in [4.78, 5) is 0.131. The second-order valence-electron chi connectivity index (χ2n) is 2.61. The smallest absolute Gasteiger partial charge is 0.768 e. The molecular weight excluding hydrogens is 202 g/mol. The van der Waals surface area contributed by atoms with Crippen molar-refractivity contribution in [1.29, 1.82) is 0 Å². The molecule has 66 valence electrons. The van der Waals surface area contributed by atoms with Crippen molar-refractivity contribution < 1.29 is 42.7 Å². The Morgan fingerprint density at radius 2 is 1.69 bits per heavy atom. The Balaban J connectivity index is 0.00000144. The van der Waals surface area contributed by atoms with Gasteiger partial charge in [0.2, 0.25) is 0 Å². The fourth-order valence-corrected chi connectivity index (χ4v) is 1.55. The third kappa shape index (κ3) is 3.14. The van der Waals surface area contributed by atoms with Gasteiger partial charge < -0.3 is 4.55 Å². The van der Waals surface area contributed by atoms with Gasteiger partial charge in [-0.25, -0.2) is 4.39 Å². The summed E-state index contributed by atoms with van der Waals surface area (Å²) in [5, 5.41) is 0. The average Bonchev–Trinajstić information content (AvgIpc) is 1.99. The Morgan fingerprint density at radius 3 is 2.00 bits per heavy atom. The second-order valence-corrected chi connectivity index (χ2v) is 3.55. The van der Waals surface area contributed by atoms with Crippen molar-refractivity contribution in [2.75, 3.05) is 0 Å². The summed E-state index contributed by atoms with van der Waals surface area (Å²) >= 11 is -2.27. The van der Waals surface area contributed by atoms with Crippen LogP contribution in [0.2, 0.25) is 0 Å². The molecule has 0 aliphatic heterocycles. The summed E-state index contributed by atoms with van der Waals surface area (Å²) in [6.07, 6.45) is 0. The fraction of sp³-hybridized carbons (Fsp3) is 0.250. The van der Waals surface area contributed by atoms with Crippen LogP contribution in [0.5, 0.6) is 0 Å². The van der Waals surface area contributed by atoms with E-state index in [9.17, 15) is 13.2 Å². The first-order chi connectivity index (χ1) is 5.52. The normalized spacial score (nSPS) is 12.0. The molecule has 0 bridgehead atoms. The Bertz CT molecular complexity index is 318.